The minimum atomic E-state index is -0.384. The number of amides is 3. The van der Waals surface area contributed by atoms with Crippen LogP contribution in [-0.2, 0) is 16.0 Å². The molecule has 0 saturated heterocycles. The second kappa shape index (κ2) is 8.55. The van der Waals surface area contributed by atoms with E-state index in [1.165, 1.54) is 7.11 Å². The maximum absolute atomic E-state index is 12.4. The molecule has 2 aromatic carbocycles. The third-order valence-corrected chi connectivity index (χ3v) is 4.39. The van der Waals surface area contributed by atoms with Crippen molar-refractivity contribution in [3.63, 3.8) is 0 Å². The Balaban J connectivity index is 1.75. The molecule has 1 aliphatic heterocycles. The van der Waals surface area contributed by atoms with Crippen LogP contribution in [0.5, 0.6) is 5.75 Å². The number of nitrogens with one attached hydrogen (secondary N) is 2. The number of fused-ring (bicyclic) bond motifs is 1. The first-order valence-corrected chi connectivity index (χ1v) is 8.75. The summed E-state index contributed by atoms with van der Waals surface area (Å²) in [6.07, 6.45) is 1.81. The van der Waals surface area contributed by atoms with Crippen LogP contribution in [0.1, 0.15) is 12.0 Å². The number of hydrogen-bond donors (Lipinski definition) is 2. The van der Waals surface area contributed by atoms with Gasteiger partial charge in [0.1, 0.15) is 12.4 Å². The molecular formula is C20H23N3O4. The van der Waals surface area contributed by atoms with E-state index in [-0.39, 0.29) is 18.5 Å². The van der Waals surface area contributed by atoms with E-state index >= 15 is 0 Å². The van der Waals surface area contributed by atoms with Gasteiger partial charge in [0.25, 0.3) is 5.91 Å². The Morgan fingerprint density at radius 3 is 2.70 bits per heavy atom. The van der Waals surface area contributed by atoms with Gasteiger partial charge in [-0.3, -0.25) is 4.79 Å². The van der Waals surface area contributed by atoms with Crippen molar-refractivity contribution in [1.29, 1.82) is 0 Å². The van der Waals surface area contributed by atoms with E-state index in [4.69, 9.17) is 9.47 Å². The Labute approximate surface area is 158 Å². The molecular weight excluding hydrogens is 346 g/mol. The summed E-state index contributed by atoms with van der Waals surface area (Å²) in [6.45, 7) is 0.678. The molecule has 7 heteroatoms. The maximum atomic E-state index is 12.4. The highest BCUT2D eigenvalue weighted by molar-refractivity contribution is 6.02. The topological polar surface area (TPSA) is 79.9 Å². The fraction of sp³-hybridized carbons (Fsp3) is 0.300. The van der Waals surface area contributed by atoms with Crippen LogP contribution in [0.25, 0.3) is 0 Å². The highest BCUT2D eigenvalue weighted by Gasteiger charge is 2.23. The van der Waals surface area contributed by atoms with Gasteiger partial charge < -0.3 is 25.0 Å². The van der Waals surface area contributed by atoms with Crippen LogP contribution < -0.4 is 20.3 Å². The third-order valence-electron chi connectivity index (χ3n) is 4.39. The lowest BCUT2D eigenvalue weighted by atomic mass is 10.0. The van der Waals surface area contributed by atoms with Gasteiger partial charge in [-0.2, -0.15) is 0 Å². The molecule has 142 valence electrons. The van der Waals surface area contributed by atoms with E-state index in [1.54, 1.807) is 24.1 Å². The zero-order valence-corrected chi connectivity index (χ0v) is 15.5. The van der Waals surface area contributed by atoms with E-state index < -0.39 is 0 Å². The monoisotopic (exact) mass is 369 g/mol. The summed E-state index contributed by atoms with van der Waals surface area (Å²) in [5.41, 5.74) is 3.09. The van der Waals surface area contributed by atoms with Crippen molar-refractivity contribution in [3.8, 4) is 5.75 Å². The predicted molar refractivity (Wildman–Crippen MR) is 105 cm³/mol. The van der Waals surface area contributed by atoms with Crippen molar-refractivity contribution >= 4 is 29.0 Å². The minimum absolute atomic E-state index is 0.0331. The molecule has 0 radical (unpaired) electrons. The van der Waals surface area contributed by atoms with Crippen molar-refractivity contribution in [2.45, 2.75) is 12.8 Å². The highest BCUT2D eigenvalue weighted by atomic mass is 16.5. The molecule has 2 aromatic rings. The molecule has 0 aliphatic carbocycles. The number of anilines is 3. The first kappa shape index (κ1) is 18.7. The second-order valence-electron chi connectivity index (χ2n) is 6.20. The summed E-state index contributed by atoms with van der Waals surface area (Å²) >= 11 is 0. The number of methoxy groups -OCH3 is 2. The van der Waals surface area contributed by atoms with E-state index in [2.05, 4.69) is 10.6 Å². The Morgan fingerprint density at radius 1 is 1.11 bits per heavy atom. The number of nitrogens with zero attached hydrogens (tertiary/aromatic N) is 1. The van der Waals surface area contributed by atoms with Crippen LogP contribution in [-0.4, -0.2) is 39.3 Å². The Morgan fingerprint density at radius 2 is 1.93 bits per heavy atom. The zero-order chi connectivity index (χ0) is 19.2. The minimum Gasteiger partial charge on any atom is -0.495 e. The summed E-state index contributed by atoms with van der Waals surface area (Å²) in [5.74, 6) is 0.489. The maximum Gasteiger partial charge on any atom is 0.323 e. The number of carbonyl (C=O) groups excluding carboxylic acids is 2. The van der Waals surface area contributed by atoms with Crippen molar-refractivity contribution in [1.82, 2.24) is 0 Å². The fourth-order valence-corrected chi connectivity index (χ4v) is 3.15. The van der Waals surface area contributed by atoms with Crippen LogP contribution in [0.2, 0.25) is 0 Å². The van der Waals surface area contributed by atoms with Gasteiger partial charge in [0.05, 0.1) is 12.8 Å². The molecule has 0 atom stereocenters. The van der Waals surface area contributed by atoms with Crippen molar-refractivity contribution in [2.75, 3.05) is 42.9 Å². The van der Waals surface area contributed by atoms with Gasteiger partial charge in [-0.25, -0.2) is 4.79 Å². The molecule has 2 N–H and O–H groups in total. The van der Waals surface area contributed by atoms with E-state index in [1.807, 2.05) is 30.3 Å². The van der Waals surface area contributed by atoms with Crippen LogP contribution >= 0.6 is 0 Å². The Hall–Kier alpha value is -3.06. The second-order valence-corrected chi connectivity index (χ2v) is 6.20. The van der Waals surface area contributed by atoms with Gasteiger partial charge in [0.2, 0.25) is 0 Å². The van der Waals surface area contributed by atoms with E-state index in [0.717, 1.165) is 24.1 Å². The number of ether oxygens (including phenoxy) is 2. The molecule has 27 heavy (non-hydrogen) atoms. The number of rotatable bonds is 5. The van der Waals surface area contributed by atoms with Gasteiger partial charge in [0.15, 0.2) is 0 Å². The largest absolute Gasteiger partial charge is 0.495 e. The molecule has 0 bridgehead atoms. The lowest BCUT2D eigenvalue weighted by Crippen LogP contribution is -2.37. The molecule has 3 amide bonds. The van der Waals surface area contributed by atoms with Crippen LogP contribution in [0, 0.1) is 0 Å². The average molecular weight is 369 g/mol. The van der Waals surface area contributed by atoms with E-state index in [0.29, 0.717) is 23.7 Å². The fourth-order valence-electron chi connectivity index (χ4n) is 3.15. The summed E-state index contributed by atoms with van der Waals surface area (Å²) in [7, 11) is 3.05. The summed E-state index contributed by atoms with van der Waals surface area (Å²) in [4.78, 5) is 26.4. The van der Waals surface area contributed by atoms with Crippen LogP contribution in [0.4, 0.5) is 21.9 Å². The van der Waals surface area contributed by atoms with Gasteiger partial charge >= 0.3 is 6.03 Å². The van der Waals surface area contributed by atoms with Crippen LogP contribution in [0.3, 0.4) is 0 Å². The van der Waals surface area contributed by atoms with Gasteiger partial charge in [-0.1, -0.05) is 18.2 Å². The van der Waals surface area contributed by atoms with Crippen LogP contribution in [0.15, 0.2) is 42.5 Å². The zero-order valence-electron chi connectivity index (χ0n) is 15.5. The molecule has 1 aliphatic rings. The van der Waals surface area contributed by atoms with Gasteiger partial charge in [-0.15, -0.1) is 0 Å². The van der Waals surface area contributed by atoms with Gasteiger partial charge in [0, 0.05) is 25.0 Å². The smallest absolute Gasteiger partial charge is 0.323 e. The number of benzene rings is 2. The summed E-state index contributed by atoms with van der Waals surface area (Å²) in [6, 6.07) is 12.4. The number of para-hydroxylation sites is 2. The molecule has 1 heterocycles. The predicted octanol–water partition coefficient (Wildman–Crippen LogP) is 3.26. The molecule has 0 unspecified atom stereocenters. The SMILES string of the molecule is COCC(=O)N1CCCc2ccc(NC(=O)Nc3ccccc3OC)cc21. The summed E-state index contributed by atoms with van der Waals surface area (Å²) in [5, 5.41) is 5.58. The van der Waals surface area contributed by atoms with Crippen molar-refractivity contribution in [2.24, 2.45) is 0 Å². The standard InChI is InChI=1S/C20H23N3O4/c1-26-13-19(24)23-11-5-6-14-9-10-15(12-17(14)23)21-20(25)22-16-7-3-4-8-18(16)27-2/h3-4,7-10,12H,5-6,11,13H2,1-2H3,(H2,21,22,25). The molecule has 0 aromatic heterocycles. The quantitative estimate of drug-likeness (QED) is 0.848. The lowest BCUT2D eigenvalue weighted by Gasteiger charge is -2.29. The molecule has 0 saturated carbocycles. The number of urea groups is 1. The van der Waals surface area contributed by atoms with E-state index in [9.17, 15) is 9.59 Å². The molecule has 0 fully saturated rings. The molecule has 3 rings (SSSR count). The summed E-state index contributed by atoms with van der Waals surface area (Å²) < 4.78 is 10.2. The molecule has 7 nitrogen and oxygen atoms in total. The third kappa shape index (κ3) is 4.38. The first-order valence-electron chi connectivity index (χ1n) is 8.75. The highest BCUT2D eigenvalue weighted by Crippen LogP contribution is 2.30. The Kier molecular flexibility index (Phi) is 5.93. The number of carbonyl (C=O) groups is 2. The van der Waals surface area contributed by atoms with Gasteiger partial charge in [-0.05, 0) is 42.7 Å². The number of hydrogen-bond acceptors (Lipinski definition) is 4. The normalized spacial score (nSPS) is 12.9. The van der Waals surface area contributed by atoms with Crippen molar-refractivity contribution < 1.29 is 19.1 Å². The average Bonchev–Trinajstić information content (AvgIpc) is 2.68. The Bertz CT molecular complexity index is 838. The lowest BCUT2D eigenvalue weighted by molar-refractivity contribution is -0.122. The first-order chi connectivity index (χ1) is 13.1. The number of aryl methyl sites for hydroxylation is 1. The van der Waals surface area contributed by atoms with Crippen molar-refractivity contribution in [3.05, 3.63) is 48.0 Å². The molecule has 0 spiro atoms.